The van der Waals surface area contributed by atoms with E-state index in [1.807, 2.05) is 0 Å². The molecule has 0 aliphatic heterocycles. The number of benzene rings is 1. The summed E-state index contributed by atoms with van der Waals surface area (Å²) in [7, 11) is 5.77. The van der Waals surface area contributed by atoms with E-state index in [1.54, 1.807) is 12.1 Å². The van der Waals surface area contributed by atoms with Gasteiger partial charge in [0.05, 0.1) is 28.4 Å². The second kappa shape index (κ2) is 6.53. The minimum atomic E-state index is -0.614. The summed E-state index contributed by atoms with van der Waals surface area (Å²) in [4.78, 5) is 11.3. The molecule has 19 heavy (non-hydrogen) atoms. The molecule has 1 aromatic rings. The Morgan fingerprint density at radius 2 is 1.68 bits per heavy atom. The number of hydrogen-bond donors (Lipinski definition) is 1. The van der Waals surface area contributed by atoms with Crippen LogP contribution in [0.2, 0.25) is 0 Å². The van der Waals surface area contributed by atoms with Gasteiger partial charge in [-0.25, -0.2) is 4.79 Å². The highest BCUT2D eigenvalue weighted by molar-refractivity contribution is 5.93. The summed E-state index contributed by atoms with van der Waals surface area (Å²) in [5.41, 5.74) is 6.16. The summed E-state index contributed by atoms with van der Waals surface area (Å²) in [6, 6.07) is 3.40. The third kappa shape index (κ3) is 3.09. The van der Waals surface area contributed by atoms with Crippen LogP contribution in [0.3, 0.4) is 0 Å². The molecule has 0 saturated heterocycles. The first kappa shape index (κ1) is 14.7. The molecule has 0 radical (unpaired) electrons. The highest BCUT2D eigenvalue weighted by atomic mass is 16.5. The second-order valence-electron chi connectivity index (χ2n) is 3.51. The Kier molecular flexibility index (Phi) is 5.05. The molecule has 6 heteroatoms. The van der Waals surface area contributed by atoms with Gasteiger partial charge in [0.15, 0.2) is 11.5 Å². The monoisotopic (exact) mass is 267 g/mol. The topological polar surface area (TPSA) is 80.0 Å². The normalized spacial score (nSPS) is 10.8. The van der Waals surface area contributed by atoms with Crippen LogP contribution in [0.15, 0.2) is 17.8 Å². The zero-order valence-corrected chi connectivity index (χ0v) is 11.4. The van der Waals surface area contributed by atoms with Crippen LogP contribution in [0.1, 0.15) is 5.56 Å². The second-order valence-corrected chi connectivity index (χ2v) is 3.51. The molecule has 2 N–H and O–H groups in total. The zero-order chi connectivity index (χ0) is 14.4. The maximum absolute atomic E-state index is 11.3. The van der Waals surface area contributed by atoms with Crippen molar-refractivity contribution in [2.75, 3.05) is 28.4 Å². The molecule has 0 aromatic heterocycles. The number of methoxy groups -OCH3 is 4. The Balaban J connectivity index is 3.33. The minimum absolute atomic E-state index is 0.0342. The molecule has 0 unspecified atom stereocenters. The van der Waals surface area contributed by atoms with E-state index in [4.69, 9.17) is 19.9 Å². The van der Waals surface area contributed by atoms with Crippen molar-refractivity contribution in [3.05, 3.63) is 23.4 Å². The fourth-order valence-corrected chi connectivity index (χ4v) is 1.58. The molecule has 1 rings (SSSR count). The number of hydrogen-bond acceptors (Lipinski definition) is 6. The predicted octanol–water partition coefficient (Wildman–Crippen LogP) is 1.18. The molecule has 1 aromatic carbocycles. The third-order valence-electron chi connectivity index (χ3n) is 2.47. The number of rotatable bonds is 5. The van der Waals surface area contributed by atoms with Gasteiger partial charge in [-0.2, -0.15) is 0 Å². The molecule has 6 nitrogen and oxygen atoms in total. The zero-order valence-electron chi connectivity index (χ0n) is 11.4. The van der Waals surface area contributed by atoms with Gasteiger partial charge in [-0.3, -0.25) is 0 Å². The Bertz CT molecular complexity index is 496. The lowest BCUT2D eigenvalue weighted by Crippen LogP contribution is -2.12. The fraction of sp³-hybridized carbons (Fsp3) is 0.308. The number of nitrogens with two attached hydrogens (primary N) is 1. The maximum atomic E-state index is 11.3. The van der Waals surface area contributed by atoms with Crippen LogP contribution in [0.4, 0.5) is 0 Å². The lowest BCUT2D eigenvalue weighted by molar-refractivity contribution is -0.136. The Labute approximate surface area is 111 Å². The smallest absolute Gasteiger partial charge is 0.353 e. The summed E-state index contributed by atoms with van der Waals surface area (Å²) in [5.74, 6) is 0.759. The maximum Gasteiger partial charge on any atom is 0.353 e. The van der Waals surface area contributed by atoms with Gasteiger partial charge < -0.3 is 24.7 Å². The lowest BCUT2D eigenvalue weighted by Gasteiger charge is -2.14. The molecule has 104 valence electrons. The summed E-state index contributed by atoms with van der Waals surface area (Å²) in [6.07, 6.45) is 1.45. The average molecular weight is 267 g/mol. The summed E-state index contributed by atoms with van der Waals surface area (Å²) in [6.45, 7) is 0. The molecule has 0 heterocycles. The van der Waals surface area contributed by atoms with Crippen LogP contribution in [-0.4, -0.2) is 34.4 Å². The minimum Gasteiger partial charge on any atom is -0.493 e. The van der Waals surface area contributed by atoms with Gasteiger partial charge in [-0.05, 0) is 18.2 Å². The Morgan fingerprint density at radius 3 is 2.16 bits per heavy atom. The summed E-state index contributed by atoms with van der Waals surface area (Å²) >= 11 is 0. The first-order valence-electron chi connectivity index (χ1n) is 5.43. The number of carbonyl (C=O) groups is 1. The highest BCUT2D eigenvalue weighted by Gasteiger charge is 2.15. The third-order valence-corrected chi connectivity index (χ3v) is 2.47. The van der Waals surface area contributed by atoms with Crippen LogP contribution in [0.25, 0.3) is 6.08 Å². The van der Waals surface area contributed by atoms with Gasteiger partial charge in [0.1, 0.15) is 5.70 Å². The molecule has 0 atom stereocenters. The number of esters is 1. The van der Waals surface area contributed by atoms with Crippen LogP contribution >= 0.6 is 0 Å². The van der Waals surface area contributed by atoms with Gasteiger partial charge in [0.2, 0.25) is 5.75 Å². The molecular formula is C13H17NO5. The highest BCUT2D eigenvalue weighted by Crippen LogP contribution is 2.40. The molecular weight excluding hydrogens is 250 g/mol. The van der Waals surface area contributed by atoms with Crippen molar-refractivity contribution in [1.29, 1.82) is 0 Å². The molecule has 0 spiro atoms. The van der Waals surface area contributed by atoms with Crippen LogP contribution in [0, 0.1) is 0 Å². The molecule has 0 aliphatic rings. The van der Waals surface area contributed by atoms with Gasteiger partial charge >= 0.3 is 5.97 Å². The van der Waals surface area contributed by atoms with Gasteiger partial charge in [0, 0.05) is 5.56 Å². The molecule has 0 aliphatic carbocycles. The van der Waals surface area contributed by atoms with Gasteiger partial charge in [0.25, 0.3) is 0 Å². The lowest BCUT2D eigenvalue weighted by atomic mass is 10.1. The van der Waals surface area contributed by atoms with Gasteiger partial charge in [-0.1, -0.05) is 0 Å². The van der Waals surface area contributed by atoms with E-state index < -0.39 is 5.97 Å². The fourth-order valence-electron chi connectivity index (χ4n) is 1.58. The average Bonchev–Trinajstić information content (AvgIpc) is 2.45. The molecule has 0 bridgehead atoms. The van der Waals surface area contributed by atoms with E-state index >= 15 is 0 Å². The van der Waals surface area contributed by atoms with E-state index in [0.717, 1.165) is 0 Å². The standard InChI is InChI=1S/C13H17NO5/c1-16-10-6-5-8(7-9(14)13(15)19-4)11(17-2)12(10)18-3/h5-7H,14H2,1-4H3/b9-7-. The predicted molar refractivity (Wildman–Crippen MR) is 70.3 cm³/mol. The molecule has 0 fully saturated rings. The summed E-state index contributed by atoms with van der Waals surface area (Å²) in [5, 5.41) is 0. The van der Waals surface area contributed by atoms with Crippen molar-refractivity contribution < 1.29 is 23.7 Å². The van der Waals surface area contributed by atoms with Crippen molar-refractivity contribution in [3.63, 3.8) is 0 Å². The number of ether oxygens (including phenoxy) is 4. The summed E-state index contributed by atoms with van der Waals surface area (Å²) < 4.78 is 20.2. The van der Waals surface area contributed by atoms with Crippen molar-refractivity contribution >= 4 is 12.0 Å². The van der Waals surface area contributed by atoms with E-state index in [2.05, 4.69) is 4.74 Å². The largest absolute Gasteiger partial charge is 0.493 e. The molecule has 0 amide bonds. The van der Waals surface area contributed by atoms with Gasteiger partial charge in [-0.15, -0.1) is 0 Å². The quantitative estimate of drug-likeness (QED) is 0.637. The van der Waals surface area contributed by atoms with E-state index in [-0.39, 0.29) is 5.70 Å². The van der Waals surface area contributed by atoms with E-state index in [1.165, 1.54) is 34.5 Å². The van der Waals surface area contributed by atoms with Crippen LogP contribution < -0.4 is 19.9 Å². The van der Waals surface area contributed by atoms with Crippen molar-refractivity contribution in [2.24, 2.45) is 5.73 Å². The SMILES string of the molecule is COC(=O)/C(N)=C/c1ccc(OC)c(OC)c1OC. The van der Waals surface area contributed by atoms with E-state index in [9.17, 15) is 4.79 Å². The van der Waals surface area contributed by atoms with E-state index in [0.29, 0.717) is 22.8 Å². The van der Waals surface area contributed by atoms with Crippen molar-refractivity contribution in [3.8, 4) is 17.2 Å². The Hall–Kier alpha value is -2.37. The van der Waals surface area contributed by atoms with Crippen LogP contribution in [-0.2, 0) is 9.53 Å². The first-order valence-corrected chi connectivity index (χ1v) is 5.43. The van der Waals surface area contributed by atoms with Crippen LogP contribution in [0.5, 0.6) is 17.2 Å². The molecule has 0 saturated carbocycles. The van der Waals surface area contributed by atoms with Crippen molar-refractivity contribution in [1.82, 2.24) is 0 Å². The Morgan fingerprint density at radius 1 is 1.05 bits per heavy atom. The van der Waals surface area contributed by atoms with Crippen molar-refractivity contribution in [2.45, 2.75) is 0 Å². The number of carbonyl (C=O) groups excluding carboxylic acids is 1. The first-order chi connectivity index (χ1) is 9.08.